The van der Waals surface area contributed by atoms with Crippen LogP contribution in [0.2, 0.25) is 0 Å². The van der Waals surface area contributed by atoms with Crippen molar-refractivity contribution in [3.63, 3.8) is 0 Å². The van der Waals surface area contributed by atoms with Gasteiger partial charge in [0.25, 0.3) is 5.91 Å². The predicted octanol–water partition coefficient (Wildman–Crippen LogP) is 2.75. The summed E-state index contributed by atoms with van der Waals surface area (Å²) in [6, 6.07) is 10.9. The molecule has 0 unspecified atom stereocenters. The molecule has 0 aliphatic carbocycles. The molecule has 0 radical (unpaired) electrons. The molecule has 0 aromatic heterocycles. The van der Waals surface area contributed by atoms with Crippen LogP contribution in [-0.4, -0.2) is 25.3 Å². The van der Waals surface area contributed by atoms with Gasteiger partial charge in [0, 0.05) is 23.4 Å². The highest BCUT2D eigenvalue weighted by molar-refractivity contribution is 5.94. The summed E-state index contributed by atoms with van der Waals surface area (Å²) in [5.41, 5.74) is 0.747. The van der Waals surface area contributed by atoms with Crippen LogP contribution in [0.3, 0.4) is 0 Å². The third kappa shape index (κ3) is 4.35. The number of benzene rings is 2. The van der Waals surface area contributed by atoms with E-state index in [9.17, 15) is 14.0 Å². The van der Waals surface area contributed by atoms with E-state index >= 15 is 0 Å². The molecule has 128 valence electrons. The Labute approximate surface area is 142 Å². The van der Waals surface area contributed by atoms with Gasteiger partial charge in [-0.25, -0.2) is 9.18 Å². The summed E-state index contributed by atoms with van der Waals surface area (Å²) in [6.45, 7) is -0.326. The molecule has 2 aromatic carbocycles. The standard InChI is InChI=1S/C18H14FNO5/c19-14-4-2-1-3-12(14)5-8-18(22)23-10-17(21)20-13-6-7-15-16(9-13)25-11-24-15/h1-9H,10-11H2,(H,20,21). The van der Waals surface area contributed by atoms with Gasteiger partial charge in [-0.15, -0.1) is 0 Å². The summed E-state index contributed by atoms with van der Waals surface area (Å²) in [6.07, 6.45) is 2.35. The van der Waals surface area contributed by atoms with Crippen LogP contribution in [0.5, 0.6) is 11.5 Å². The maximum atomic E-state index is 13.4. The molecule has 1 heterocycles. The molecule has 0 bridgehead atoms. The Bertz CT molecular complexity index is 834. The van der Waals surface area contributed by atoms with Crippen molar-refractivity contribution in [1.82, 2.24) is 0 Å². The number of nitrogens with one attached hydrogen (secondary N) is 1. The summed E-state index contributed by atoms with van der Waals surface area (Å²) in [4.78, 5) is 23.4. The third-order valence-corrected chi connectivity index (χ3v) is 3.31. The number of ether oxygens (including phenoxy) is 3. The lowest BCUT2D eigenvalue weighted by molar-refractivity contribution is -0.142. The normalized spacial score (nSPS) is 12.2. The number of amides is 1. The molecule has 0 saturated carbocycles. The van der Waals surface area contributed by atoms with E-state index in [4.69, 9.17) is 14.2 Å². The van der Waals surface area contributed by atoms with Gasteiger partial charge in [-0.1, -0.05) is 18.2 Å². The Morgan fingerprint density at radius 1 is 1.16 bits per heavy atom. The van der Waals surface area contributed by atoms with Crippen molar-refractivity contribution in [1.29, 1.82) is 0 Å². The average Bonchev–Trinajstić information content (AvgIpc) is 3.07. The number of rotatable bonds is 5. The number of carbonyl (C=O) groups is 2. The fourth-order valence-electron chi connectivity index (χ4n) is 2.12. The minimum Gasteiger partial charge on any atom is -0.454 e. The second-order valence-corrected chi connectivity index (χ2v) is 5.08. The van der Waals surface area contributed by atoms with Gasteiger partial charge in [0.1, 0.15) is 5.82 Å². The zero-order chi connectivity index (χ0) is 17.6. The van der Waals surface area contributed by atoms with E-state index in [0.29, 0.717) is 17.2 Å². The Balaban J connectivity index is 1.49. The maximum absolute atomic E-state index is 13.4. The van der Waals surface area contributed by atoms with Crippen LogP contribution < -0.4 is 14.8 Å². The quantitative estimate of drug-likeness (QED) is 0.667. The summed E-state index contributed by atoms with van der Waals surface area (Å²) >= 11 is 0. The van der Waals surface area contributed by atoms with Crippen molar-refractivity contribution < 1.29 is 28.2 Å². The van der Waals surface area contributed by atoms with E-state index in [1.54, 1.807) is 30.3 Å². The van der Waals surface area contributed by atoms with Gasteiger partial charge in [0.15, 0.2) is 18.1 Å². The second kappa shape index (κ2) is 7.48. The van der Waals surface area contributed by atoms with Gasteiger partial charge in [-0.3, -0.25) is 4.79 Å². The SMILES string of the molecule is O=C(COC(=O)C=Cc1ccccc1F)Nc1ccc2c(c1)OCO2. The molecule has 25 heavy (non-hydrogen) atoms. The molecule has 7 heteroatoms. The largest absolute Gasteiger partial charge is 0.454 e. The number of fused-ring (bicyclic) bond motifs is 1. The molecule has 0 spiro atoms. The van der Waals surface area contributed by atoms with E-state index in [-0.39, 0.29) is 12.4 Å². The molecule has 1 aliphatic heterocycles. The Morgan fingerprint density at radius 3 is 2.80 bits per heavy atom. The van der Waals surface area contributed by atoms with Crippen molar-refractivity contribution in [3.05, 3.63) is 59.9 Å². The zero-order valence-corrected chi connectivity index (χ0v) is 13.0. The predicted molar refractivity (Wildman–Crippen MR) is 87.6 cm³/mol. The smallest absolute Gasteiger partial charge is 0.331 e. The van der Waals surface area contributed by atoms with Gasteiger partial charge in [-0.05, 0) is 24.3 Å². The topological polar surface area (TPSA) is 73.9 Å². The fourth-order valence-corrected chi connectivity index (χ4v) is 2.12. The lowest BCUT2D eigenvalue weighted by Crippen LogP contribution is -2.20. The molecule has 3 rings (SSSR count). The van der Waals surface area contributed by atoms with Crippen molar-refractivity contribution in [2.75, 3.05) is 18.7 Å². The van der Waals surface area contributed by atoms with Crippen LogP contribution in [0.15, 0.2) is 48.5 Å². The molecule has 6 nitrogen and oxygen atoms in total. The Kier molecular flexibility index (Phi) is 4.94. The first kappa shape index (κ1) is 16.5. The number of anilines is 1. The van der Waals surface area contributed by atoms with Gasteiger partial charge in [0.2, 0.25) is 6.79 Å². The zero-order valence-electron chi connectivity index (χ0n) is 13.0. The number of carbonyl (C=O) groups excluding carboxylic acids is 2. The third-order valence-electron chi connectivity index (χ3n) is 3.31. The first-order valence-corrected chi connectivity index (χ1v) is 7.41. The fraction of sp³-hybridized carbons (Fsp3) is 0.111. The van der Waals surface area contributed by atoms with Gasteiger partial charge in [0.05, 0.1) is 0 Å². The van der Waals surface area contributed by atoms with Crippen LogP contribution in [0.1, 0.15) is 5.56 Å². The van der Waals surface area contributed by atoms with Crippen molar-refractivity contribution in [2.45, 2.75) is 0 Å². The molecule has 1 aliphatic rings. The minimum atomic E-state index is -0.746. The molecule has 0 saturated heterocycles. The molecule has 1 N–H and O–H groups in total. The summed E-state index contributed by atoms with van der Waals surface area (Å²) in [7, 11) is 0. The van der Waals surface area contributed by atoms with Crippen LogP contribution in [0, 0.1) is 5.82 Å². The lowest BCUT2D eigenvalue weighted by atomic mass is 10.2. The highest BCUT2D eigenvalue weighted by Crippen LogP contribution is 2.34. The number of hydrogen-bond acceptors (Lipinski definition) is 5. The summed E-state index contributed by atoms with van der Waals surface area (Å²) in [5, 5.41) is 2.57. The first-order valence-electron chi connectivity index (χ1n) is 7.41. The van der Waals surface area contributed by atoms with Gasteiger partial charge >= 0.3 is 5.97 Å². The second-order valence-electron chi connectivity index (χ2n) is 5.08. The Morgan fingerprint density at radius 2 is 1.96 bits per heavy atom. The van der Waals surface area contributed by atoms with Crippen LogP contribution in [-0.2, 0) is 14.3 Å². The summed E-state index contributed by atoms with van der Waals surface area (Å²) in [5.74, 6) is -0.576. The molecule has 1 amide bonds. The number of esters is 1. The first-order chi connectivity index (χ1) is 12.1. The monoisotopic (exact) mass is 343 g/mol. The van der Waals surface area contributed by atoms with Crippen molar-refractivity contribution in [2.24, 2.45) is 0 Å². The van der Waals surface area contributed by atoms with E-state index in [2.05, 4.69) is 5.32 Å². The highest BCUT2D eigenvalue weighted by atomic mass is 19.1. The molecule has 0 atom stereocenters. The van der Waals surface area contributed by atoms with Crippen LogP contribution in [0.4, 0.5) is 10.1 Å². The van der Waals surface area contributed by atoms with E-state index in [1.807, 2.05) is 0 Å². The van der Waals surface area contributed by atoms with Gasteiger partial charge < -0.3 is 19.5 Å². The van der Waals surface area contributed by atoms with Crippen molar-refractivity contribution in [3.8, 4) is 11.5 Å². The van der Waals surface area contributed by atoms with E-state index in [1.165, 1.54) is 18.2 Å². The van der Waals surface area contributed by atoms with Crippen molar-refractivity contribution >= 4 is 23.6 Å². The van der Waals surface area contributed by atoms with E-state index in [0.717, 1.165) is 6.08 Å². The van der Waals surface area contributed by atoms with E-state index < -0.39 is 24.3 Å². The molecule has 0 fully saturated rings. The molecular formula is C18H14FNO5. The molecular weight excluding hydrogens is 329 g/mol. The van der Waals surface area contributed by atoms with Gasteiger partial charge in [-0.2, -0.15) is 0 Å². The Hall–Kier alpha value is -3.35. The van der Waals surface area contributed by atoms with Crippen LogP contribution in [0.25, 0.3) is 6.08 Å². The average molecular weight is 343 g/mol. The number of halogens is 1. The minimum absolute atomic E-state index is 0.138. The number of hydrogen-bond donors (Lipinski definition) is 1. The lowest BCUT2D eigenvalue weighted by Gasteiger charge is -2.06. The molecule has 2 aromatic rings. The maximum Gasteiger partial charge on any atom is 0.331 e. The van der Waals surface area contributed by atoms with Crippen LogP contribution >= 0.6 is 0 Å². The highest BCUT2D eigenvalue weighted by Gasteiger charge is 2.14. The summed E-state index contributed by atoms with van der Waals surface area (Å²) < 4.78 is 28.6.